The second-order valence-electron chi connectivity index (χ2n) is 4.69. The van der Waals surface area contributed by atoms with E-state index in [0.29, 0.717) is 5.75 Å². The minimum Gasteiger partial charge on any atom is -0.489 e. The Hall–Kier alpha value is -1.92. The highest BCUT2D eigenvalue weighted by atomic mass is 79.9. The fourth-order valence-electron chi connectivity index (χ4n) is 1.93. The van der Waals surface area contributed by atoms with E-state index < -0.39 is 4.92 Å². The Balaban J connectivity index is 2.18. The Bertz CT molecular complexity index is 659. The zero-order valence-electron chi connectivity index (χ0n) is 11.5. The number of benzene rings is 2. The molecule has 0 aliphatic heterocycles. The van der Waals surface area contributed by atoms with Crippen molar-refractivity contribution in [2.24, 2.45) is 5.73 Å². The van der Waals surface area contributed by atoms with Crippen molar-refractivity contribution in [3.8, 4) is 5.75 Å². The third-order valence-corrected chi connectivity index (χ3v) is 3.48. The molecule has 2 aromatic carbocycles. The molecule has 21 heavy (non-hydrogen) atoms. The van der Waals surface area contributed by atoms with Crippen LogP contribution in [0.1, 0.15) is 24.1 Å². The second-order valence-corrected chi connectivity index (χ2v) is 5.60. The topological polar surface area (TPSA) is 78.4 Å². The number of non-ortho nitro benzene ring substituents is 1. The maximum absolute atomic E-state index is 10.8. The first-order valence-electron chi connectivity index (χ1n) is 6.38. The summed E-state index contributed by atoms with van der Waals surface area (Å²) in [5, 5.41) is 10.8. The van der Waals surface area contributed by atoms with Crippen LogP contribution in [0.4, 0.5) is 5.69 Å². The molecule has 0 fully saturated rings. The van der Waals surface area contributed by atoms with Gasteiger partial charge in [-0.05, 0) is 24.6 Å². The minimum atomic E-state index is -0.421. The molecule has 0 aliphatic rings. The number of ether oxygens (including phenoxy) is 1. The van der Waals surface area contributed by atoms with Gasteiger partial charge in [-0.3, -0.25) is 10.1 Å². The lowest BCUT2D eigenvalue weighted by molar-refractivity contribution is -0.384. The van der Waals surface area contributed by atoms with Crippen LogP contribution in [0.2, 0.25) is 0 Å². The third kappa shape index (κ3) is 4.03. The molecule has 1 atom stereocenters. The van der Waals surface area contributed by atoms with E-state index in [1.165, 1.54) is 12.1 Å². The maximum atomic E-state index is 10.8. The molecular weight excluding hydrogens is 336 g/mol. The van der Waals surface area contributed by atoms with Crippen molar-refractivity contribution in [2.75, 3.05) is 0 Å². The highest BCUT2D eigenvalue weighted by Crippen LogP contribution is 2.28. The molecule has 6 heteroatoms. The Morgan fingerprint density at radius 2 is 2.10 bits per heavy atom. The lowest BCUT2D eigenvalue weighted by atomic mass is 10.1. The first-order chi connectivity index (χ1) is 9.97. The summed E-state index contributed by atoms with van der Waals surface area (Å²) in [6.07, 6.45) is 0. The van der Waals surface area contributed by atoms with E-state index in [1.807, 2.05) is 25.1 Å². The maximum Gasteiger partial charge on any atom is 0.269 e. The van der Waals surface area contributed by atoms with E-state index >= 15 is 0 Å². The van der Waals surface area contributed by atoms with E-state index in [2.05, 4.69) is 15.9 Å². The molecule has 0 spiro atoms. The van der Waals surface area contributed by atoms with Crippen LogP contribution in [-0.4, -0.2) is 4.92 Å². The van der Waals surface area contributed by atoms with Gasteiger partial charge in [-0.2, -0.15) is 0 Å². The first-order valence-corrected chi connectivity index (χ1v) is 7.18. The Labute approximate surface area is 131 Å². The van der Waals surface area contributed by atoms with Crippen LogP contribution in [0.3, 0.4) is 0 Å². The molecule has 0 heterocycles. The zero-order chi connectivity index (χ0) is 15.4. The van der Waals surface area contributed by atoms with Gasteiger partial charge in [-0.1, -0.05) is 34.1 Å². The quantitative estimate of drug-likeness (QED) is 0.653. The number of hydrogen-bond donors (Lipinski definition) is 1. The monoisotopic (exact) mass is 350 g/mol. The zero-order valence-corrected chi connectivity index (χ0v) is 13.0. The number of halogens is 1. The minimum absolute atomic E-state index is 0.0535. The SMILES string of the molecule is C[C@@H](N)c1ccc(Br)cc1OCc1cccc([N+](=O)[O-])c1. The van der Waals surface area contributed by atoms with Crippen molar-refractivity contribution < 1.29 is 9.66 Å². The summed E-state index contributed by atoms with van der Waals surface area (Å²) in [4.78, 5) is 10.3. The van der Waals surface area contributed by atoms with Crippen molar-refractivity contribution in [2.45, 2.75) is 19.6 Å². The van der Waals surface area contributed by atoms with Gasteiger partial charge in [0, 0.05) is 28.2 Å². The number of rotatable bonds is 5. The molecule has 0 unspecified atom stereocenters. The third-order valence-electron chi connectivity index (χ3n) is 2.98. The fourth-order valence-corrected chi connectivity index (χ4v) is 2.27. The molecule has 2 rings (SSSR count). The highest BCUT2D eigenvalue weighted by molar-refractivity contribution is 9.10. The molecule has 0 aromatic heterocycles. The van der Waals surface area contributed by atoms with Gasteiger partial charge >= 0.3 is 0 Å². The van der Waals surface area contributed by atoms with Gasteiger partial charge < -0.3 is 10.5 Å². The van der Waals surface area contributed by atoms with Gasteiger partial charge in [-0.15, -0.1) is 0 Å². The summed E-state index contributed by atoms with van der Waals surface area (Å²) >= 11 is 3.39. The number of hydrogen-bond acceptors (Lipinski definition) is 4. The summed E-state index contributed by atoms with van der Waals surface area (Å²) in [5.41, 5.74) is 7.59. The Kier molecular flexibility index (Phi) is 4.93. The van der Waals surface area contributed by atoms with E-state index in [1.54, 1.807) is 12.1 Å². The van der Waals surface area contributed by atoms with Gasteiger partial charge in [0.1, 0.15) is 12.4 Å². The van der Waals surface area contributed by atoms with Crippen molar-refractivity contribution in [3.63, 3.8) is 0 Å². The highest BCUT2D eigenvalue weighted by Gasteiger charge is 2.10. The lowest BCUT2D eigenvalue weighted by Gasteiger charge is -2.14. The normalized spacial score (nSPS) is 12.0. The number of nitrogens with zero attached hydrogens (tertiary/aromatic N) is 1. The van der Waals surface area contributed by atoms with Crippen LogP contribution in [0.15, 0.2) is 46.9 Å². The molecule has 0 saturated carbocycles. The molecule has 2 aromatic rings. The average Bonchev–Trinajstić information content (AvgIpc) is 2.45. The van der Waals surface area contributed by atoms with Crippen LogP contribution in [0.25, 0.3) is 0 Å². The lowest BCUT2D eigenvalue weighted by Crippen LogP contribution is -2.08. The Morgan fingerprint density at radius 1 is 1.33 bits per heavy atom. The second kappa shape index (κ2) is 6.69. The molecule has 110 valence electrons. The first kappa shape index (κ1) is 15.5. The summed E-state index contributed by atoms with van der Waals surface area (Å²) in [6, 6.07) is 11.9. The summed E-state index contributed by atoms with van der Waals surface area (Å²) in [7, 11) is 0. The number of nitro groups is 1. The molecule has 0 aliphatic carbocycles. The molecule has 0 bridgehead atoms. The van der Waals surface area contributed by atoms with Crippen LogP contribution in [0.5, 0.6) is 5.75 Å². The standard InChI is InChI=1S/C15H15BrN2O3/c1-10(17)14-6-5-12(16)8-15(14)21-9-11-3-2-4-13(7-11)18(19)20/h2-8,10H,9,17H2,1H3/t10-/m1/s1. The van der Waals surface area contributed by atoms with Gasteiger partial charge in [0.2, 0.25) is 0 Å². The predicted octanol–water partition coefficient (Wildman–Crippen LogP) is 3.96. The summed E-state index contributed by atoms with van der Waals surface area (Å²) in [5.74, 6) is 0.672. The molecule has 0 amide bonds. The van der Waals surface area contributed by atoms with E-state index in [0.717, 1.165) is 15.6 Å². The summed E-state index contributed by atoms with van der Waals surface area (Å²) < 4.78 is 6.66. The van der Waals surface area contributed by atoms with Crippen molar-refractivity contribution >= 4 is 21.6 Å². The van der Waals surface area contributed by atoms with Gasteiger partial charge in [0.05, 0.1) is 4.92 Å². The van der Waals surface area contributed by atoms with Crippen molar-refractivity contribution in [3.05, 3.63) is 68.2 Å². The van der Waals surface area contributed by atoms with Crippen molar-refractivity contribution in [1.29, 1.82) is 0 Å². The van der Waals surface area contributed by atoms with E-state index in [4.69, 9.17) is 10.5 Å². The van der Waals surface area contributed by atoms with Crippen molar-refractivity contribution in [1.82, 2.24) is 0 Å². The van der Waals surface area contributed by atoms with Crippen LogP contribution in [0, 0.1) is 10.1 Å². The van der Waals surface area contributed by atoms with E-state index in [-0.39, 0.29) is 18.3 Å². The van der Waals surface area contributed by atoms with Crippen LogP contribution >= 0.6 is 15.9 Å². The predicted molar refractivity (Wildman–Crippen MR) is 84.2 cm³/mol. The van der Waals surface area contributed by atoms with Gasteiger partial charge in [-0.25, -0.2) is 0 Å². The molecular formula is C15H15BrN2O3. The number of nitrogens with two attached hydrogens (primary N) is 1. The number of nitro benzene ring substituents is 1. The molecule has 0 radical (unpaired) electrons. The smallest absolute Gasteiger partial charge is 0.269 e. The average molecular weight is 351 g/mol. The van der Waals surface area contributed by atoms with Gasteiger partial charge in [0.15, 0.2) is 0 Å². The summed E-state index contributed by atoms with van der Waals surface area (Å²) in [6.45, 7) is 2.13. The van der Waals surface area contributed by atoms with Crippen LogP contribution < -0.4 is 10.5 Å². The van der Waals surface area contributed by atoms with Gasteiger partial charge in [0.25, 0.3) is 5.69 Å². The molecule has 0 saturated heterocycles. The molecule has 5 nitrogen and oxygen atoms in total. The van der Waals surface area contributed by atoms with Crippen LogP contribution in [-0.2, 0) is 6.61 Å². The largest absolute Gasteiger partial charge is 0.489 e. The van der Waals surface area contributed by atoms with E-state index in [9.17, 15) is 10.1 Å². The molecule has 2 N–H and O–H groups in total. The fraction of sp³-hybridized carbons (Fsp3) is 0.200. The Morgan fingerprint density at radius 3 is 2.76 bits per heavy atom.